The van der Waals surface area contributed by atoms with Crippen LogP contribution in [0.1, 0.15) is 17.0 Å². The van der Waals surface area contributed by atoms with Crippen LogP contribution in [0.2, 0.25) is 0 Å². The van der Waals surface area contributed by atoms with Crippen molar-refractivity contribution in [2.75, 3.05) is 5.73 Å². The minimum Gasteiger partial charge on any atom is -0.396 e. The number of aromatic nitrogens is 4. The Morgan fingerprint density at radius 3 is 2.40 bits per heavy atom. The fourth-order valence-corrected chi connectivity index (χ4v) is 1.48. The van der Waals surface area contributed by atoms with Gasteiger partial charge in [-0.2, -0.15) is 10.2 Å². The number of aryl methyl sites for hydroxylation is 1. The summed E-state index contributed by atoms with van der Waals surface area (Å²) in [4.78, 5) is 0. The second-order valence-corrected chi connectivity index (χ2v) is 3.72. The molecule has 5 heteroatoms. The number of hydrogen-bond acceptors (Lipinski definition) is 3. The summed E-state index contributed by atoms with van der Waals surface area (Å²) in [6.45, 7) is 4.74. The van der Waals surface area contributed by atoms with E-state index >= 15 is 0 Å². The van der Waals surface area contributed by atoms with E-state index in [-0.39, 0.29) is 0 Å². The predicted molar refractivity (Wildman–Crippen MR) is 58.4 cm³/mol. The monoisotopic (exact) mass is 205 g/mol. The molecule has 0 aromatic carbocycles. The molecular weight excluding hydrogens is 190 g/mol. The van der Waals surface area contributed by atoms with Crippen molar-refractivity contribution in [1.29, 1.82) is 0 Å². The number of hydrogen-bond donors (Lipinski definition) is 1. The highest BCUT2D eigenvalue weighted by Crippen LogP contribution is 2.13. The second kappa shape index (κ2) is 3.42. The van der Waals surface area contributed by atoms with Gasteiger partial charge in [0.05, 0.1) is 30.3 Å². The first-order chi connectivity index (χ1) is 7.09. The van der Waals surface area contributed by atoms with Gasteiger partial charge in [0.2, 0.25) is 0 Å². The molecule has 15 heavy (non-hydrogen) atoms. The minimum atomic E-state index is 0.725. The SMILES string of the molecule is Cc1c(Cn2ncc(N)c2C)cnn1C. The molecule has 0 aliphatic heterocycles. The molecule has 0 unspecified atom stereocenters. The number of nitrogen functional groups attached to an aromatic ring is 1. The van der Waals surface area contributed by atoms with Crippen LogP contribution in [-0.2, 0) is 13.6 Å². The van der Waals surface area contributed by atoms with Gasteiger partial charge in [0.25, 0.3) is 0 Å². The molecule has 0 fully saturated rings. The van der Waals surface area contributed by atoms with Gasteiger partial charge in [-0.25, -0.2) is 0 Å². The number of rotatable bonds is 2. The van der Waals surface area contributed by atoms with Gasteiger partial charge in [0.15, 0.2) is 0 Å². The molecule has 2 aromatic heterocycles. The van der Waals surface area contributed by atoms with Crippen LogP contribution in [0, 0.1) is 13.8 Å². The van der Waals surface area contributed by atoms with Crippen molar-refractivity contribution in [3.8, 4) is 0 Å². The van der Waals surface area contributed by atoms with Gasteiger partial charge in [0, 0.05) is 18.3 Å². The molecule has 2 N–H and O–H groups in total. The second-order valence-electron chi connectivity index (χ2n) is 3.72. The molecule has 0 aliphatic carbocycles. The average molecular weight is 205 g/mol. The van der Waals surface area contributed by atoms with Gasteiger partial charge in [-0.05, 0) is 13.8 Å². The Balaban J connectivity index is 2.29. The van der Waals surface area contributed by atoms with Gasteiger partial charge in [-0.15, -0.1) is 0 Å². The zero-order valence-electron chi connectivity index (χ0n) is 9.23. The zero-order chi connectivity index (χ0) is 11.0. The lowest BCUT2D eigenvalue weighted by Gasteiger charge is -2.04. The minimum absolute atomic E-state index is 0.725. The summed E-state index contributed by atoms with van der Waals surface area (Å²) in [5.74, 6) is 0. The van der Waals surface area contributed by atoms with Crippen LogP contribution in [-0.4, -0.2) is 19.6 Å². The Morgan fingerprint density at radius 1 is 1.20 bits per heavy atom. The Morgan fingerprint density at radius 2 is 1.93 bits per heavy atom. The highest BCUT2D eigenvalue weighted by atomic mass is 15.3. The summed E-state index contributed by atoms with van der Waals surface area (Å²) in [6.07, 6.45) is 3.55. The number of nitrogens with two attached hydrogens (primary N) is 1. The van der Waals surface area contributed by atoms with E-state index in [0.717, 1.165) is 23.6 Å². The van der Waals surface area contributed by atoms with Crippen molar-refractivity contribution >= 4 is 5.69 Å². The average Bonchev–Trinajstić information content (AvgIpc) is 2.68. The Bertz CT molecular complexity index is 436. The quantitative estimate of drug-likeness (QED) is 0.791. The fourth-order valence-electron chi connectivity index (χ4n) is 1.48. The van der Waals surface area contributed by atoms with E-state index in [1.807, 2.05) is 36.5 Å². The zero-order valence-corrected chi connectivity index (χ0v) is 9.23. The maximum atomic E-state index is 5.73. The first kappa shape index (κ1) is 9.76. The fraction of sp³-hybridized carbons (Fsp3) is 0.400. The lowest BCUT2D eigenvalue weighted by atomic mass is 10.2. The van der Waals surface area contributed by atoms with Gasteiger partial charge < -0.3 is 5.73 Å². The normalized spacial score (nSPS) is 10.9. The van der Waals surface area contributed by atoms with E-state index in [1.54, 1.807) is 6.20 Å². The molecule has 0 saturated carbocycles. The molecule has 2 rings (SSSR count). The molecule has 0 amide bonds. The molecule has 0 spiro atoms. The van der Waals surface area contributed by atoms with Crippen molar-refractivity contribution in [2.24, 2.45) is 7.05 Å². The van der Waals surface area contributed by atoms with Crippen LogP contribution in [0.3, 0.4) is 0 Å². The standard InChI is InChI=1S/C10H15N5/c1-7-9(4-12-14(7)3)6-15-8(2)10(11)5-13-15/h4-5H,6,11H2,1-3H3. The smallest absolute Gasteiger partial charge is 0.0730 e. The van der Waals surface area contributed by atoms with E-state index in [4.69, 9.17) is 5.73 Å². The van der Waals surface area contributed by atoms with Crippen molar-refractivity contribution in [2.45, 2.75) is 20.4 Å². The third-order valence-corrected chi connectivity index (χ3v) is 2.80. The van der Waals surface area contributed by atoms with E-state index in [9.17, 15) is 0 Å². The molecule has 80 valence electrons. The number of anilines is 1. The van der Waals surface area contributed by atoms with Crippen molar-refractivity contribution in [3.05, 3.63) is 29.3 Å². The van der Waals surface area contributed by atoms with Crippen LogP contribution in [0.25, 0.3) is 0 Å². The summed E-state index contributed by atoms with van der Waals surface area (Å²) >= 11 is 0. The van der Waals surface area contributed by atoms with Crippen LogP contribution < -0.4 is 5.73 Å². The topological polar surface area (TPSA) is 61.7 Å². The van der Waals surface area contributed by atoms with Crippen molar-refractivity contribution < 1.29 is 0 Å². The molecule has 0 radical (unpaired) electrons. The van der Waals surface area contributed by atoms with Crippen molar-refractivity contribution in [3.63, 3.8) is 0 Å². The van der Waals surface area contributed by atoms with E-state index in [1.165, 1.54) is 5.56 Å². The Kier molecular flexibility index (Phi) is 2.22. The lowest BCUT2D eigenvalue weighted by molar-refractivity contribution is 0.659. The first-order valence-electron chi connectivity index (χ1n) is 4.85. The third kappa shape index (κ3) is 1.60. The highest BCUT2D eigenvalue weighted by molar-refractivity contribution is 5.40. The summed E-state index contributed by atoms with van der Waals surface area (Å²) in [5.41, 5.74) is 9.79. The van der Waals surface area contributed by atoms with E-state index < -0.39 is 0 Å². The van der Waals surface area contributed by atoms with Crippen LogP contribution in [0.5, 0.6) is 0 Å². The lowest BCUT2D eigenvalue weighted by Crippen LogP contribution is -2.05. The van der Waals surface area contributed by atoms with Gasteiger partial charge in [-0.3, -0.25) is 9.36 Å². The van der Waals surface area contributed by atoms with Gasteiger partial charge in [-0.1, -0.05) is 0 Å². The van der Waals surface area contributed by atoms with Gasteiger partial charge >= 0.3 is 0 Å². The Hall–Kier alpha value is -1.78. The van der Waals surface area contributed by atoms with E-state index in [0.29, 0.717) is 0 Å². The molecule has 2 heterocycles. The largest absolute Gasteiger partial charge is 0.396 e. The van der Waals surface area contributed by atoms with Crippen LogP contribution in [0.15, 0.2) is 12.4 Å². The summed E-state index contributed by atoms with van der Waals surface area (Å²) < 4.78 is 3.75. The van der Waals surface area contributed by atoms with Crippen LogP contribution >= 0.6 is 0 Å². The molecule has 5 nitrogen and oxygen atoms in total. The maximum absolute atomic E-state index is 5.73. The Labute approximate surface area is 88.5 Å². The summed E-state index contributed by atoms with van der Waals surface area (Å²) in [6, 6.07) is 0. The summed E-state index contributed by atoms with van der Waals surface area (Å²) in [5, 5.41) is 8.41. The van der Waals surface area contributed by atoms with Gasteiger partial charge in [0.1, 0.15) is 0 Å². The third-order valence-electron chi connectivity index (χ3n) is 2.80. The first-order valence-corrected chi connectivity index (χ1v) is 4.85. The van der Waals surface area contributed by atoms with Crippen LogP contribution in [0.4, 0.5) is 5.69 Å². The van der Waals surface area contributed by atoms with E-state index in [2.05, 4.69) is 10.2 Å². The molecule has 0 atom stereocenters. The predicted octanol–water partition coefficient (Wildman–Crippen LogP) is 0.864. The molecule has 0 saturated heterocycles. The summed E-state index contributed by atoms with van der Waals surface area (Å²) in [7, 11) is 1.93. The maximum Gasteiger partial charge on any atom is 0.0730 e. The highest BCUT2D eigenvalue weighted by Gasteiger charge is 2.07. The number of nitrogens with zero attached hydrogens (tertiary/aromatic N) is 4. The molecule has 2 aromatic rings. The molecule has 0 bridgehead atoms. The van der Waals surface area contributed by atoms with Crippen molar-refractivity contribution in [1.82, 2.24) is 19.6 Å². The molecular formula is C10H15N5. The molecule has 0 aliphatic rings.